The zero-order valence-electron chi connectivity index (χ0n) is 15.9. The molecule has 2 aromatic carbocycles. The van der Waals surface area contributed by atoms with Gasteiger partial charge in [-0.15, -0.1) is 0 Å². The first-order valence-electron chi connectivity index (χ1n) is 8.85. The summed E-state index contributed by atoms with van der Waals surface area (Å²) in [6.45, 7) is 0. The second kappa shape index (κ2) is 8.31. The van der Waals surface area contributed by atoms with Gasteiger partial charge in [0.05, 0.1) is 4.90 Å². The standard InChI is InChI=1S/C19H14ClF5O5S2/c20-12-1-4-15(5-2-12)31(26,27)18(16-11-13(21)3-6-17(16)22)9-7-14(8-10-18)30-32(28,29)19(23,24)25/h1-7,11H,8-10H2. The topological polar surface area (TPSA) is 77.5 Å². The molecular weight excluding hydrogens is 503 g/mol. The first-order valence-corrected chi connectivity index (χ1v) is 12.1. The molecule has 0 aromatic heterocycles. The van der Waals surface area contributed by atoms with Gasteiger partial charge in [0, 0.05) is 17.0 Å². The molecule has 1 aliphatic carbocycles. The third-order valence-corrected chi connectivity index (χ3v) is 8.76. The molecule has 2 aromatic rings. The van der Waals surface area contributed by atoms with Gasteiger partial charge in [-0.25, -0.2) is 17.2 Å². The molecule has 3 rings (SSSR count). The smallest absolute Gasteiger partial charge is 0.381 e. The Hall–Kier alpha value is -2.18. The number of hydrogen-bond acceptors (Lipinski definition) is 5. The van der Waals surface area contributed by atoms with E-state index in [4.69, 9.17) is 11.6 Å². The van der Waals surface area contributed by atoms with E-state index >= 15 is 0 Å². The molecule has 0 saturated carbocycles. The molecule has 0 saturated heterocycles. The normalized spacial score (nSPS) is 20.0. The summed E-state index contributed by atoms with van der Waals surface area (Å²) >= 11 is 5.78. The number of halogens is 6. The van der Waals surface area contributed by atoms with Crippen LogP contribution in [0.15, 0.2) is 59.2 Å². The highest BCUT2D eigenvalue weighted by Crippen LogP contribution is 2.48. The molecule has 174 valence electrons. The lowest BCUT2D eigenvalue weighted by molar-refractivity contribution is -0.0524. The SMILES string of the molecule is O=S(=O)(OC1=CCC(c2cc(F)ccc2F)(S(=O)(=O)c2ccc(Cl)cc2)CC1)C(F)(F)F. The van der Waals surface area contributed by atoms with Crippen LogP contribution >= 0.6 is 11.6 Å². The van der Waals surface area contributed by atoms with Gasteiger partial charge in [-0.1, -0.05) is 11.6 Å². The van der Waals surface area contributed by atoms with Gasteiger partial charge in [0.2, 0.25) is 0 Å². The highest BCUT2D eigenvalue weighted by molar-refractivity contribution is 7.92. The fraction of sp³-hybridized carbons (Fsp3) is 0.263. The number of sulfone groups is 1. The predicted molar refractivity (Wildman–Crippen MR) is 105 cm³/mol. The minimum atomic E-state index is -5.97. The van der Waals surface area contributed by atoms with Crippen LogP contribution in [-0.2, 0) is 28.9 Å². The molecule has 0 amide bonds. The summed E-state index contributed by atoms with van der Waals surface area (Å²) in [5, 5.41) is 0.214. The average molecular weight is 517 g/mol. The Bertz CT molecular complexity index is 1270. The van der Waals surface area contributed by atoms with Crippen LogP contribution in [0.5, 0.6) is 0 Å². The second-order valence-corrected chi connectivity index (χ2v) is 11.2. The Morgan fingerprint density at radius 2 is 1.59 bits per heavy atom. The Balaban J connectivity index is 2.13. The molecule has 0 radical (unpaired) electrons. The maximum absolute atomic E-state index is 14.7. The summed E-state index contributed by atoms with van der Waals surface area (Å²) in [6, 6.07) is 7.05. The third-order valence-electron chi connectivity index (χ3n) is 4.99. The van der Waals surface area contributed by atoms with E-state index in [-0.39, 0.29) is 9.92 Å². The molecule has 0 N–H and O–H groups in total. The molecule has 0 spiro atoms. The minimum Gasteiger partial charge on any atom is -0.381 e. The van der Waals surface area contributed by atoms with Crippen molar-refractivity contribution in [3.8, 4) is 0 Å². The molecule has 5 nitrogen and oxygen atoms in total. The van der Waals surface area contributed by atoms with Crippen molar-refractivity contribution in [2.45, 2.75) is 34.4 Å². The Labute approximate surface area is 185 Å². The molecule has 0 aliphatic heterocycles. The summed E-state index contributed by atoms with van der Waals surface area (Å²) in [7, 11) is -10.4. The number of alkyl halides is 3. The maximum atomic E-state index is 14.7. The highest BCUT2D eigenvalue weighted by Gasteiger charge is 2.52. The fourth-order valence-electron chi connectivity index (χ4n) is 3.39. The van der Waals surface area contributed by atoms with Crippen LogP contribution in [0.1, 0.15) is 24.8 Å². The summed E-state index contributed by atoms with van der Waals surface area (Å²) in [4.78, 5) is -0.286. The number of allylic oxidation sites excluding steroid dienone is 2. The zero-order chi connectivity index (χ0) is 23.9. The number of hydrogen-bond donors (Lipinski definition) is 0. The lowest BCUT2D eigenvalue weighted by Gasteiger charge is -2.36. The zero-order valence-corrected chi connectivity index (χ0v) is 18.3. The van der Waals surface area contributed by atoms with Crippen LogP contribution < -0.4 is 0 Å². The van der Waals surface area contributed by atoms with Crippen molar-refractivity contribution in [2.75, 3.05) is 0 Å². The Morgan fingerprint density at radius 1 is 0.969 bits per heavy atom. The number of rotatable bonds is 5. The second-order valence-electron chi connectivity index (χ2n) is 6.93. The average Bonchev–Trinajstić information content (AvgIpc) is 2.69. The summed E-state index contributed by atoms with van der Waals surface area (Å²) in [5.74, 6) is -2.64. The molecule has 1 unspecified atom stereocenters. The van der Waals surface area contributed by atoms with E-state index in [0.29, 0.717) is 6.07 Å². The van der Waals surface area contributed by atoms with Crippen LogP contribution in [0.25, 0.3) is 0 Å². The molecule has 32 heavy (non-hydrogen) atoms. The van der Waals surface area contributed by atoms with Gasteiger partial charge in [-0.2, -0.15) is 21.6 Å². The lowest BCUT2D eigenvalue weighted by Crippen LogP contribution is -2.39. The van der Waals surface area contributed by atoms with Crippen LogP contribution in [0.2, 0.25) is 5.02 Å². The van der Waals surface area contributed by atoms with Gasteiger partial charge in [0.15, 0.2) is 9.84 Å². The van der Waals surface area contributed by atoms with Gasteiger partial charge in [-0.05, 0) is 61.4 Å². The van der Waals surface area contributed by atoms with E-state index in [1.54, 1.807) is 0 Å². The van der Waals surface area contributed by atoms with Crippen molar-refractivity contribution in [1.29, 1.82) is 0 Å². The molecule has 0 fully saturated rings. The summed E-state index contributed by atoms with van der Waals surface area (Å²) in [6.07, 6.45) is -1.01. The van der Waals surface area contributed by atoms with Crippen LogP contribution in [0.4, 0.5) is 22.0 Å². The van der Waals surface area contributed by atoms with Gasteiger partial charge in [-0.3, -0.25) is 0 Å². The van der Waals surface area contributed by atoms with E-state index in [0.717, 1.165) is 30.3 Å². The molecule has 0 heterocycles. The third kappa shape index (κ3) is 4.35. The maximum Gasteiger partial charge on any atom is 0.534 e. The molecular formula is C19H14ClF5O5S2. The quantitative estimate of drug-likeness (QED) is 0.309. The van der Waals surface area contributed by atoms with Gasteiger partial charge in [0.1, 0.15) is 22.1 Å². The van der Waals surface area contributed by atoms with Crippen LogP contribution in [0, 0.1) is 11.6 Å². The van der Waals surface area contributed by atoms with Crippen molar-refractivity contribution in [1.82, 2.24) is 0 Å². The van der Waals surface area contributed by atoms with Crippen molar-refractivity contribution < 1.29 is 43.0 Å². The molecule has 1 aliphatic rings. The fourth-order valence-corrected chi connectivity index (χ4v) is 6.11. The van der Waals surface area contributed by atoms with Gasteiger partial charge in [0.25, 0.3) is 0 Å². The molecule has 1 atom stereocenters. The largest absolute Gasteiger partial charge is 0.534 e. The van der Waals surface area contributed by atoms with E-state index in [1.807, 2.05) is 0 Å². The predicted octanol–water partition coefficient (Wildman–Crippen LogP) is 5.22. The minimum absolute atomic E-state index is 0.214. The van der Waals surface area contributed by atoms with Gasteiger partial charge >= 0.3 is 15.6 Å². The van der Waals surface area contributed by atoms with E-state index in [2.05, 4.69) is 4.18 Å². The molecule has 13 heteroatoms. The Morgan fingerprint density at radius 3 is 2.12 bits per heavy atom. The first-order chi connectivity index (χ1) is 14.7. The van der Waals surface area contributed by atoms with Crippen molar-refractivity contribution in [3.63, 3.8) is 0 Å². The van der Waals surface area contributed by atoms with Crippen molar-refractivity contribution in [2.24, 2.45) is 0 Å². The number of benzene rings is 2. The first kappa shape index (κ1) is 24.5. The Kier molecular flexibility index (Phi) is 6.35. The van der Waals surface area contributed by atoms with E-state index < -0.39 is 72.4 Å². The van der Waals surface area contributed by atoms with E-state index in [1.165, 1.54) is 12.1 Å². The lowest BCUT2D eigenvalue weighted by atomic mass is 9.85. The van der Waals surface area contributed by atoms with Crippen LogP contribution in [-0.4, -0.2) is 22.3 Å². The van der Waals surface area contributed by atoms with E-state index in [9.17, 15) is 38.8 Å². The van der Waals surface area contributed by atoms with Crippen molar-refractivity contribution >= 4 is 31.6 Å². The highest BCUT2D eigenvalue weighted by atomic mass is 35.5. The molecule has 0 bridgehead atoms. The monoisotopic (exact) mass is 516 g/mol. The van der Waals surface area contributed by atoms with Crippen LogP contribution in [0.3, 0.4) is 0 Å². The van der Waals surface area contributed by atoms with Gasteiger partial charge < -0.3 is 4.18 Å². The van der Waals surface area contributed by atoms with Crippen molar-refractivity contribution in [3.05, 3.63) is 76.5 Å². The summed E-state index contributed by atoms with van der Waals surface area (Å²) < 4.78 is 118. The summed E-state index contributed by atoms with van der Waals surface area (Å²) in [5.41, 5.74) is -6.23.